The molecular formula is C19H21Cl2N3O2. The molecule has 3 aromatic rings. The van der Waals surface area contributed by atoms with Crippen LogP contribution in [0.25, 0.3) is 22.4 Å². The molecule has 1 aliphatic rings. The van der Waals surface area contributed by atoms with Crippen LogP contribution in [-0.4, -0.2) is 42.0 Å². The van der Waals surface area contributed by atoms with Crippen molar-refractivity contribution in [1.82, 2.24) is 15.2 Å². The summed E-state index contributed by atoms with van der Waals surface area (Å²) in [7, 11) is 0. The first kappa shape index (κ1) is 20.2. The first-order valence-electron chi connectivity index (χ1n) is 8.26. The molecule has 0 aliphatic carbocycles. The maximum atomic E-state index is 13.1. The number of para-hydroxylation sites is 1. The summed E-state index contributed by atoms with van der Waals surface area (Å²) in [4.78, 5) is 19.7. The number of halogens is 2. The quantitative estimate of drug-likeness (QED) is 0.719. The van der Waals surface area contributed by atoms with Gasteiger partial charge in [-0.2, -0.15) is 0 Å². The van der Waals surface area contributed by atoms with E-state index >= 15 is 0 Å². The Hall–Kier alpha value is -2.08. The van der Waals surface area contributed by atoms with E-state index in [1.165, 1.54) is 0 Å². The predicted molar refractivity (Wildman–Crippen MR) is 107 cm³/mol. The molecule has 2 aromatic heterocycles. The normalized spacial score (nSPS) is 14.2. The summed E-state index contributed by atoms with van der Waals surface area (Å²) in [6.45, 7) is 3.29. The van der Waals surface area contributed by atoms with E-state index in [1.807, 2.05) is 47.4 Å². The molecule has 1 aliphatic heterocycles. The lowest BCUT2D eigenvalue weighted by Gasteiger charge is -2.21. The Morgan fingerprint density at radius 1 is 1.08 bits per heavy atom. The van der Waals surface area contributed by atoms with Crippen molar-refractivity contribution in [3.63, 3.8) is 0 Å². The molecule has 4 rings (SSSR count). The van der Waals surface area contributed by atoms with Crippen molar-refractivity contribution in [3.05, 3.63) is 54.3 Å². The third-order valence-electron chi connectivity index (χ3n) is 4.35. The number of carbonyl (C=O) groups is 1. The number of pyridine rings is 1. The zero-order valence-corrected chi connectivity index (χ0v) is 15.8. The van der Waals surface area contributed by atoms with Crippen LogP contribution in [0.15, 0.2) is 53.1 Å². The minimum absolute atomic E-state index is 0. The molecule has 7 heteroatoms. The average molecular weight is 394 g/mol. The van der Waals surface area contributed by atoms with Crippen molar-refractivity contribution >= 4 is 41.6 Å². The summed E-state index contributed by atoms with van der Waals surface area (Å²) in [6, 6.07) is 13.3. The van der Waals surface area contributed by atoms with Gasteiger partial charge in [-0.05, 0) is 37.2 Å². The summed E-state index contributed by atoms with van der Waals surface area (Å²) in [5.74, 6) is 0.734. The number of fused-ring (bicyclic) bond motifs is 1. The fourth-order valence-electron chi connectivity index (χ4n) is 3.12. The Bertz CT molecular complexity index is 860. The van der Waals surface area contributed by atoms with E-state index < -0.39 is 0 Å². The maximum absolute atomic E-state index is 13.1. The third-order valence-corrected chi connectivity index (χ3v) is 4.35. The van der Waals surface area contributed by atoms with Gasteiger partial charge in [-0.3, -0.25) is 4.79 Å². The van der Waals surface area contributed by atoms with E-state index in [-0.39, 0.29) is 30.7 Å². The van der Waals surface area contributed by atoms with Gasteiger partial charge in [-0.1, -0.05) is 18.2 Å². The second-order valence-electron chi connectivity index (χ2n) is 5.95. The SMILES string of the molecule is Cl.Cl.O=C(c1cc(-c2ccco2)nc2ccccc12)N1CCCNCC1. The van der Waals surface area contributed by atoms with Crippen LogP contribution in [0.5, 0.6) is 0 Å². The molecule has 138 valence electrons. The molecule has 1 fully saturated rings. The van der Waals surface area contributed by atoms with Crippen LogP contribution in [0.4, 0.5) is 0 Å². The fourth-order valence-corrected chi connectivity index (χ4v) is 3.12. The number of hydrogen-bond acceptors (Lipinski definition) is 4. The molecular weight excluding hydrogens is 373 g/mol. The largest absolute Gasteiger partial charge is 0.463 e. The molecule has 1 aromatic carbocycles. The van der Waals surface area contributed by atoms with Crippen molar-refractivity contribution < 1.29 is 9.21 Å². The van der Waals surface area contributed by atoms with Crippen LogP contribution in [-0.2, 0) is 0 Å². The second-order valence-corrected chi connectivity index (χ2v) is 5.95. The van der Waals surface area contributed by atoms with Crippen molar-refractivity contribution in [2.24, 2.45) is 0 Å². The number of nitrogens with one attached hydrogen (secondary N) is 1. The molecule has 1 amide bonds. The smallest absolute Gasteiger partial charge is 0.254 e. The summed E-state index contributed by atoms with van der Waals surface area (Å²) < 4.78 is 5.47. The third kappa shape index (κ3) is 4.01. The molecule has 0 saturated carbocycles. The molecule has 5 nitrogen and oxygen atoms in total. The minimum atomic E-state index is 0. The lowest BCUT2D eigenvalue weighted by molar-refractivity contribution is 0.0768. The van der Waals surface area contributed by atoms with Gasteiger partial charge in [0.25, 0.3) is 5.91 Å². The summed E-state index contributed by atoms with van der Waals surface area (Å²) >= 11 is 0. The van der Waals surface area contributed by atoms with Crippen LogP contribution >= 0.6 is 24.8 Å². The zero-order chi connectivity index (χ0) is 16.4. The summed E-state index contributed by atoms with van der Waals surface area (Å²) in [5.41, 5.74) is 2.19. The summed E-state index contributed by atoms with van der Waals surface area (Å²) in [5, 5.41) is 4.22. The van der Waals surface area contributed by atoms with Gasteiger partial charge in [0.05, 0.1) is 17.3 Å². The lowest BCUT2D eigenvalue weighted by Crippen LogP contribution is -2.34. The minimum Gasteiger partial charge on any atom is -0.463 e. The van der Waals surface area contributed by atoms with Gasteiger partial charge in [-0.15, -0.1) is 24.8 Å². The van der Waals surface area contributed by atoms with Gasteiger partial charge >= 0.3 is 0 Å². The molecule has 0 spiro atoms. The maximum Gasteiger partial charge on any atom is 0.254 e. The fraction of sp³-hybridized carbons (Fsp3) is 0.263. The highest BCUT2D eigenvalue weighted by molar-refractivity contribution is 6.07. The van der Waals surface area contributed by atoms with E-state index in [0.29, 0.717) is 17.0 Å². The Morgan fingerprint density at radius 2 is 1.92 bits per heavy atom. The molecule has 26 heavy (non-hydrogen) atoms. The average Bonchev–Trinajstić information content (AvgIpc) is 3.03. The Balaban J connectivity index is 0.00000121. The standard InChI is InChI=1S/C19H19N3O2.2ClH/c23-19(22-10-4-8-20-9-11-22)15-13-17(18-7-3-12-24-18)21-16-6-2-1-5-14(15)16;;/h1-3,5-7,12-13,20H,4,8-11H2;2*1H. The first-order valence-corrected chi connectivity index (χ1v) is 8.26. The van der Waals surface area contributed by atoms with Gasteiger partial charge in [0.2, 0.25) is 0 Å². The van der Waals surface area contributed by atoms with E-state index in [2.05, 4.69) is 10.3 Å². The highest BCUT2D eigenvalue weighted by Gasteiger charge is 2.21. The summed E-state index contributed by atoms with van der Waals surface area (Å²) in [6.07, 6.45) is 2.59. The Morgan fingerprint density at radius 3 is 2.73 bits per heavy atom. The molecule has 1 saturated heterocycles. The number of furan rings is 1. The monoisotopic (exact) mass is 393 g/mol. The van der Waals surface area contributed by atoms with Gasteiger partial charge in [0, 0.05) is 25.0 Å². The zero-order valence-electron chi connectivity index (χ0n) is 14.2. The number of hydrogen-bond donors (Lipinski definition) is 1. The van der Waals surface area contributed by atoms with Crippen LogP contribution < -0.4 is 5.32 Å². The van der Waals surface area contributed by atoms with Gasteiger partial charge in [0.15, 0.2) is 5.76 Å². The van der Waals surface area contributed by atoms with Gasteiger partial charge in [-0.25, -0.2) is 4.98 Å². The molecule has 3 heterocycles. The van der Waals surface area contributed by atoms with Crippen molar-refractivity contribution in [1.29, 1.82) is 0 Å². The van der Waals surface area contributed by atoms with Crippen LogP contribution in [0.2, 0.25) is 0 Å². The van der Waals surface area contributed by atoms with Crippen LogP contribution in [0, 0.1) is 0 Å². The second kappa shape index (κ2) is 9.03. The number of nitrogens with zero attached hydrogens (tertiary/aromatic N) is 2. The van der Waals surface area contributed by atoms with E-state index in [9.17, 15) is 4.79 Å². The van der Waals surface area contributed by atoms with Crippen molar-refractivity contribution in [2.45, 2.75) is 6.42 Å². The number of aromatic nitrogens is 1. The molecule has 0 radical (unpaired) electrons. The molecule has 1 N–H and O–H groups in total. The number of benzene rings is 1. The van der Waals surface area contributed by atoms with E-state index in [0.717, 1.165) is 43.5 Å². The number of amides is 1. The van der Waals surface area contributed by atoms with Crippen molar-refractivity contribution in [3.8, 4) is 11.5 Å². The Kier molecular flexibility index (Phi) is 7.03. The van der Waals surface area contributed by atoms with E-state index in [4.69, 9.17) is 4.42 Å². The number of rotatable bonds is 2. The molecule has 0 unspecified atom stereocenters. The highest BCUT2D eigenvalue weighted by atomic mass is 35.5. The number of carbonyl (C=O) groups excluding carboxylic acids is 1. The van der Waals surface area contributed by atoms with E-state index in [1.54, 1.807) is 6.26 Å². The first-order chi connectivity index (χ1) is 11.8. The lowest BCUT2D eigenvalue weighted by atomic mass is 10.1. The predicted octanol–water partition coefficient (Wildman–Crippen LogP) is 3.77. The van der Waals surface area contributed by atoms with Crippen LogP contribution in [0.3, 0.4) is 0 Å². The van der Waals surface area contributed by atoms with Crippen LogP contribution in [0.1, 0.15) is 16.8 Å². The van der Waals surface area contributed by atoms with Gasteiger partial charge in [0.1, 0.15) is 5.69 Å². The van der Waals surface area contributed by atoms with Crippen molar-refractivity contribution in [2.75, 3.05) is 26.2 Å². The Labute approximate surface area is 164 Å². The molecule has 0 atom stereocenters. The van der Waals surface area contributed by atoms with Gasteiger partial charge < -0.3 is 14.6 Å². The molecule has 0 bridgehead atoms. The topological polar surface area (TPSA) is 58.4 Å². The highest BCUT2D eigenvalue weighted by Crippen LogP contribution is 2.26.